The van der Waals surface area contributed by atoms with E-state index >= 15 is 0 Å². The molecule has 0 aliphatic carbocycles. The normalized spacial score (nSPS) is 9.67. The van der Waals surface area contributed by atoms with E-state index in [9.17, 15) is 9.59 Å². The molecule has 0 amide bonds. The van der Waals surface area contributed by atoms with Crippen LogP contribution in [0.1, 0.15) is 19.4 Å². The third-order valence-corrected chi connectivity index (χ3v) is 2.17. The van der Waals surface area contributed by atoms with Crippen molar-refractivity contribution < 1.29 is 19.1 Å². The van der Waals surface area contributed by atoms with Crippen molar-refractivity contribution in [2.75, 3.05) is 6.61 Å². The fourth-order valence-corrected chi connectivity index (χ4v) is 1.39. The van der Waals surface area contributed by atoms with Crippen LogP contribution in [0.4, 0.5) is 0 Å². The zero-order valence-electron chi connectivity index (χ0n) is 10.6. The second kappa shape index (κ2) is 6.59. The van der Waals surface area contributed by atoms with Gasteiger partial charge >= 0.3 is 11.9 Å². The lowest BCUT2D eigenvalue weighted by atomic mass is 10.1. The maximum absolute atomic E-state index is 11.4. The molecule has 0 spiro atoms. The van der Waals surface area contributed by atoms with Crippen molar-refractivity contribution in [1.29, 1.82) is 0 Å². The number of hydrogen-bond acceptors (Lipinski definition) is 4. The number of rotatable bonds is 5. The number of carbonyl (C=O) groups is 2. The van der Waals surface area contributed by atoms with Crippen LogP contribution < -0.4 is 4.74 Å². The summed E-state index contributed by atoms with van der Waals surface area (Å²) in [6.07, 6.45) is 0.416. The molecule has 0 aliphatic heterocycles. The maximum atomic E-state index is 11.4. The first-order chi connectivity index (χ1) is 8.52. The molecule has 18 heavy (non-hydrogen) atoms. The standard InChI is InChI=1S/C14H16O4/c1-4-17-14(16)10(2)9-12-5-7-13(8-6-12)18-11(3)15/h5-8H,2,4,9H2,1,3H3. The Labute approximate surface area is 106 Å². The van der Waals surface area contributed by atoms with Gasteiger partial charge in [0.1, 0.15) is 5.75 Å². The van der Waals surface area contributed by atoms with Crippen LogP contribution in [-0.2, 0) is 20.7 Å². The Kier molecular flexibility index (Phi) is 5.11. The van der Waals surface area contributed by atoms with Crippen molar-refractivity contribution >= 4 is 11.9 Å². The summed E-state index contributed by atoms with van der Waals surface area (Å²) in [5.41, 5.74) is 1.31. The van der Waals surface area contributed by atoms with Crippen molar-refractivity contribution in [3.8, 4) is 5.75 Å². The van der Waals surface area contributed by atoms with Gasteiger partial charge in [-0.2, -0.15) is 0 Å². The Morgan fingerprint density at radius 3 is 2.33 bits per heavy atom. The van der Waals surface area contributed by atoms with Crippen LogP contribution in [-0.4, -0.2) is 18.5 Å². The Morgan fingerprint density at radius 2 is 1.83 bits per heavy atom. The fourth-order valence-electron chi connectivity index (χ4n) is 1.39. The second-order valence-corrected chi connectivity index (χ2v) is 3.74. The van der Waals surface area contributed by atoms with E-state index in [2.05, 4.69) is 6.58 Å². The van der Waals surface area contributed by atoms with E-state index in [1.54, 1.807) is 31.2 Å². The van der Waals surface area contributed by atoms with Crippen molar-refractivity contribution in [3.63, 3.8) is 0 Å². The fraction of sp³-hybridized carbons (Fsp3) is 0.286. The molecule has 0 aromatic heterocycles. The molecule has 0 atom stereocenters. The number of hydrogen-bond donors (Lipinski definition) is 0. The average molecular weight is 248 g/mol. The molecule has 0 saturated heterocycles. The summed E-state index contributed by atoms with van der Waals surface area (Å²) in [5, 5.41) is 0. The molecule has 0 radical (unpaired) electrons. The molecule has 0 unspecified atom stereocenters. The third kappa shape index (κ3) is 4.41. The minimum absolute atomic E-state index is 0.337. The topological polar surface area (TPSA) is 52.6 Å². The molecule has 0 fully saturated rings. The largest absolute Gasteiger partial charge is 0.463 e. The van der Waals surface area contributed by atoms with Crippen LogP contribution in [0.2, 0.25) is 0 Å². The lowest BCUT2D eigenvalue weighted by molar-refractivity contribution is -0.138. The highest BCUT2D eigenvalue weighted by Crippen LogP contribution is 2.15. The van der Waals surface area contributed by atoms with Gasteiger partial charge in [0.2, 0.25) is 0 Å². The van der Waals surface area contributed by atoms with Crippen molar-refractivity contribution in [1.82, 2.24) is 0 Å². The van der Waals surface area contributed by atoms with E-state index in [1.165, 1.54) is 6.92 Å². The lowest BCUT2D eigenvalue weighted by Crippen LogP contribution is -2.08. The van der Waals surface area contributed by atoms with Gasteiger partial charge in [0.05, 0.1) is 6.61 Å². The Hall–Kier alpha value is -2.10. The highest BCUT2D eigenvalue weighted by Gasteiger charge is 2.08. The van der Waals surface area contributed by atoms with Gasteiger partial charge in [0.25, 0.3) is 0 Å². The summed E-state index contributed by atoms with van der Waals surface area (Å²) in [6, 6.07) is 6.91. The maximum Gasteiger partial charge on any atom is 0.333 e. The number of esters is 2. The molecule has 0 aliphatic rings. The van der Waals surface area contributed by atoms with Gasteiger partial charge in [-0.1, -0.05) is 18.7 Å². The molecule has 4 nitrogen and oxygen atoms in total. The summed E-state index contributed by atoms with van der Waals surface area (Å²) in [5.74, 6) is -0.270. The molecule has 4 heteroatoms. The molecule has 1 aromatic rings. The van der Waals surface area contributed by atoms with Gasteiger partial charge in [-0.25, -0.2) is 4.79 Å². The summed E-state index contributed by atoms with van der Waals surface area (Å²) in [4.78, 5) is 22.1. The van der Waals surface area contributed by atoms with E-state index in [0.717, 1.165) is 5.56 Å². The van der Waals surface area contributed by atoms with Gasteiger partial charge in [0.15, 0.2) is 0 Å². The smallest absolute Gasteiger partial charge is 0.333 e. The first-order valence-electron chi connectivity index (χ1n) is 5.65. The summed E-state index contributed by atoms with van der Waals surface area (Å²) in [6.45, 7) is 7.11. The second-order valence-electron chi connectivity index (χ2n) is 3.74. The minimum Gasteiger partial charge on any atom is -0.463 e. The lowest BCUT2D eigenvalue weighted by Gasteiger charge is -2.06. The van der Waals surface area contributed by atoms with Crippen molar-refractivity contribution in [2.45, 2.75) is 20.3 Å². The summed E-state index contributed by atoms with van der Waals surface area (Å²) >= 11 is 0. The first-order valence-corrected chi connectivity index (χ1v) is 5.65. The van der Waals surface area contributed by atoms with Crippen LogP contribution in [0, 0.1) is 0 Å². The van der Waals surface area contributed by atoms with Crippen LogP contribution in [0.3, 0.4) is 0 Å². The zero-order chi connectivity index (χ0) is 13.5. The zero-order valence-corrected chi connectivity index (χ0v) is 10.6. The Bertz CT molecular complexity index is 445. The van der Waals surface area contributed by atoms with Crippen LogP contribution in [0.15, 0.2) is 36.4 Å². The summed E-state index contributed by atoms with van der Waals surface area (Å²) in [7, 11) is 0. The predicted molar refractivity (Wildman–Crippen MR) is 67.2 cm³/mol. The highest BCUT2D eigenvalue weighted by molar-refractivity contribution is 5.88. The van der Waals surface area contributed by atoms with E-state index in [-0.39, 0.29) is 11.9 Å². The minimum atomic E-state index is -0.387. The van der Waals surface area contributed by atoms with E-state index in [1.807, 2.05) is 0 Å². The third-order valence-electron chi connectivity index (χ3n) is 2.17. The van der Waals surface area contributed by atoms with E-state index < -0.39 is 0 Å². The van der Waals surface area contributed by atoms with Gasteiger partial charge in [-0.3, -0.25) is 4.79 Å². The van der Waals surface area contributed by atoms with Crippen LogP contribution in [0.25, 0.3) is 0 Å². The average Bonchev–Trinajstić information content (AvgIpc) is 2.31. The molecule has 1 rings (SSSR count). The number of benzene rings is 1. The van der Waals surface area contributed by atoms with Gasteiger partial charge in [0, 0.05) is 18.9 Å². The van der Waals surface area contributed by atoms with Crippen molar-refractivity contribution in [2.24, 2.45) is 0 Å². The van der Waals surface area contributed by atoms with Crippen LogP contribution >= 0.6 is 0 Å². The van der Waals surface area contributed by atoms with Gasteiger partial charge in [-0.05, 0) is 24.6 Å². The van der Waals surface area contributed by atoms with Crippen LogP contribution in [0.5, 0.6) is 5.75 Å². The molecule has 0 N–H and O–H groups in total. The number of carbonyl (C=O) groups excluding carboxylic acids is 2. The summed E-state index contributed by atoms with van der Waals surface area (Å²) < 4.78 is 9.75. The van der Waals surface area contributed by atoms with Gasteiger partial charge < -0.3 is 9.47 Å². The molecule has 0 bridgehead atoms. The molecular formula is C14H16O4. The molecule has 0 saturated carbocycles. The number of ether oxygens (including phenoxy) is 2. The van der Waals surface area contributed by atoms with Gasteiger partial charge in [-0.15, -0.1) is 0 Å². The Morgan fingerprint density at radius 1 is 1.22 bits per heavy atom. The van der Waals surface area contributed by atoms with E-state index in [0.29, 0.717) is 24.4 Å². The molecule has 0 heterocycles. The monoisotopic (exact) mass is 248 g/mol. The molecule has 1 aromatic carbocycles. The quantitative estimate of drug-likeness (QED) is 0.455. The molecule has 96 valence electrons. The Balaban J connectivity index is 2.61. The van der Waals surface area contributed by atoms with Crippen molar-refractivity contribution in [3.05, 3.63) is 42.0 Å². The highest BCUT2D eigenvalue weighted by atomic mass is 16.5. The predicted octanol–water partition coefficient (Wildman–Crippen LogP) is 2.27. The first kappa shape index (κ1) is 14.0. The SMILES string of the molecule is C=C(Cc1ccc(OC(C)=O)cc1)C(=O)OCC. The molecular weight excluding hydrogens is 232 g/mol. The van der Waals surface area contributed by atoms with E-state index in [4.69, 9.17) is 9.47 Å².